The van der Waals surface area contributed by atoms with Gasteiger partial charge in [0.1, 0.15) is 0 Å². The Morgan fingerprint density at radius 2 is 1.76 bits per heavy atom. The molecule has 0 aliphatic heterocycles. The molecule has 2 amide bonds. The number of para-hydroxylation sites is 1. The molecule has 0 fully saturated rings. The van der Waals surface area contributed by atoms with Crippen LogP contribution in [0.25, 0.3) is 5.69 Å². The van der Waals surface area contributed by atoms with Crippen LogP contribution in [0.15, 0.2) is 65.3 Å². The molecule has 29 heavy (non-hydrogen) atoms. The van der Waals surface area contributed by atoms with Crippen LogP contribution in [-0.4, -0.2) is 21.6 Å². The van der Waals surface area contributed by atoms with Crippen molar-refractivity contribution >= 4 is 33.8 Å². The third-order valence-corrected chi connectivity index (χ3v) is 5.34. The van der Waals surface area contributed by atoms with Crippen LogP contribution >= 0.6 is 11.3 Å². The summed E-state index contributed by atoms with van der Waals surface area (Å²) in [6, 6.07) is 16.3. The van der Waals surface area contributed by atoms with Crippen molar-refractivity contribution in [1.82, 2.24) is 9.78 Å². The molecule has 0 radical (unpaired) electrons. The van der Waals surface area contributed by atoms with E-state index in [4.69, 9.17) is 4.42 Å². The highest BCUT2D eigenvalue weighted by atomic mass is 32.1. The molecule has 0 aliphatic carbocycles. The molecule has 8 heteroatoms. The van der Waals surface area contributed by atoms with Gasteiger partial charge in [0, 0.05) is 0 Å². The number of carbonyl (C=O) groups is 2. The first-order chi connectivity index (χ1) is 14.0. The molecule has 0 bridgehead atoms. The molecule has 3 heterocycles. The minimum absolute atomic E-state index is 0.212. The fraction of sp³-hybridized carbons (Fsp3) is 0.0952. The monoisotopic (exact) mass is 406 g/mol. The molecule has 1 aromatic carbocycles. The lowest BCUT2D eigenvalue weighted by Gasteiger charge is -2.06. The average Bonchev–Trinajstić information content (AvgIpc) is 3.46. The fourth-order valence-electron chi connectivity index (χ4n) is 2.93. The SMILES string of the molecule is Cc1nn(-c2ccccc2)c(C)c1NC(=O)c1ccc(NC(=O)c2ccco2)s1. The Bertz CT molecular complexity index is 1160. The van der Waals surface area contributed by atoms with Gasteiger partial charge >= 0.3 is 0 Å². The standard InChI is InChI=1S/C21H18N4O3S/c1-13-19(14(2)25(24-13)15-7-4-3-5-8-15)23-21(27)17-10-11-18(29-17)22-20(26)16-9-6-12-28-16/h3-12H,1-2H3,(H,22,26)(H,23,27). The summed E-state index contributed by atoms with van der Waals surface area (Å²) in [6.45, 7) is 3.76. The van der Waals surface area contributed by atoms with E-state index in [9.17, 15) is 9.59 Å². The molecule has 2 N–H and O–H groups in total. The second kappa shape index (κ2) is 7.76. The first-order valence-corrected chi connectivity index (χ1v) is 9.72. The first-order valence-electron chi connectivity index (χ1n) is 8.90. The van der Waals surface area contributed by atoms with Crippen molar-refractivity contribution < 1.29 is 14.0 Å². The Hall–Kier alpha value is -3.65. The number of nitrogens with one attached hydrogen (secondary N) is 2. The molecule has 0 saturated carbocycles. The number of aryl methyl sites for hydroxylation is 1. The second-order valence-corrected chi connectivity index (χ2v) is 7.43. The topological polar surface area (TPSA) is 89.2 Å². The van der Waals surface area contributed by atoms with Gasteiger partial charge < -0.3 is 15.1 Å². The predicted octanol–water partition coefficient (Wildman–Crippen LogP) is 4.65. The van der Waals surface area contributed by atoms with Gasteiger partial charge in [-0.2, -0.15) is 5.10 Å². The van der Waals surface area contributed by atoms with E-state index in [2.05, 4.69) is 15.7 Å². The number of hydrogen-bond donors (Lipinski definition) is 2. The molecule has 0 atom stereocenters. The molecule has 4 rings (SSSR count). The van der Waals surface area contributed by atoms with Gasteiger partial charge in [0.2, 0.25) is 0 Å². The van der Waals surface area contributed by atoms with Crippen LogP contribution in [0.1, 0.15) is 31.6 Å². The van der Waals surface area contributed by atoms with Crippen LogP contribution in [0.4, 0.5) is 10.7 Å². The number of nitrogens with zero attached hydrogens (tertiary/aromatic N) is 2. The number of hydrogen-bond acceptors (Lipinski definition) is 5. The zero-order valence-electron chi connectivity index (χ0n) is 15.8. The quantitative estimate of drug-likeness (QED) is 0.505. The van der Waals surface area contributed by atoms with Crippen LogP contribution in [0.3, 0.4) is 0 Å². The number of rotatable bonds is 5. The van der Waals surface area contributed by atoms with Crippen molar-refractivity contribution in [3.8, 4) is 5.69 Å². The number of anilines is 2. The van der Waals surface area contributed by atoms with Gasteiger partial charge in [0.15, 0.2) is 5.76 Å². The summed E-state index contributed by atoms with van der Waals surface area (Å²) in [7, 11) is 0. The maximum Gasteiger partial charge on any atom is 0.291 e. The highest BCUT2D eigenvalue weighted by Crippen LogP contribution is 2.27. The van der Waals surface area contributed by atoms with Crippen molar-refractivity contribution in [2.45, 2.75) is 13.8 Å². The number of benzene rings is 1. The Morgan fingerprint density at radius 1 is 0.966 bits per heavy atom. The van der Waals surface area contributed by atoms with E-state index in [1.807, 2.05) is 44.2 Å². The molecule has 0 spiro atoms. The van der Waals surface area contributed by atoms with Crippen LogP contribution in [0.2, 0.25) is 0 Å². The third-order valence-electron chi connectivity index (χ3n) is 4.34. The summed E-state index contributed by atoms with van der Waals surface area (Å²) in [4.78, 5) is 25.3. The molecule has 0 unspecified atom stereocenters. The maximum atomic E-state index is 12.7. The minimum Gasteiger partial charge on any atom is -0.459 e. The normalized spacial score (nSPS) is 10.7. The van der Waals surface area contributed by atoms with E-state index in [0.29, 0.717) is 15.6 Å². The number of carbonyl (C=O) groups excluding carboxylic acids is 2. The molecule has 0 saturated heterocycles. The van der Waals surface area contributed by atoms with Crippen molar-refractivity contribution in [3.05, 3.63) is 82.9 Å². The van der Waals surface area contributed by atoms with Gasteiger partial charge in [-0.3, -0.25) is 9.59 Å². The summed E-state index contributed by atoms with van der Waals surface area (Å²) < 4.78 is 6.87. The third kappa shape index (κ3) is 3.83. The van der Waals surface area contributed by atoms with E-state index in [-0.39, 0.29) is 17.6 Å². The van der Waals surface area contributed by atoms with E-state index in [1.54, 1.807) is 28.9 Å². The first kappa shape index (κ1) is 18.7. The predicted molar refractivity (Wildman–Crippen MR) is 112 cm³/mol. The van der Waals surface area contributed by atoms with Crippen molar-refractivity contribution in [3.63, 3.8) is 0 Å². The molecular weight excluding hydrogens is 388 g/mol. The van der Waals surface area contributed by atoms with Crippen LogP contribution in [0.5, 0.6) is 0 Å². The lowest BCUT2D eigenvalue weighted by molar-refractivity contribution is 0.0995. The molecule has 146 valence electrons. The van der Waals surface area contributed by atoms with Gasteiger partial charge in [-0.05, 0) is 50.2 Å². The number of aromatic nitrogens is 2. The van der Waals surface area contributed by atoms with Gasteiger partial charge in [0.25, 0.3) is 11.8 Å². The number of thiophene rings is 1. The molecule has 0 aliphatic rings. The van der Waals surface area contributed by atoms with Crippen LogP contribution < -0.4 is 10.6 Å². The summed E-state index contributed by atoms with van der Waals surface area (Å²) in [5.41, 5.74) is 3.16. The summed E-state index contributed by atoms with van der Waals surface area (Å²) in [5.74, 6) is -0.407. The molecular formula is C21H18N4O3S. The zero-order chi connectivity index (χ0) is 20.4. The van der Waals surface area contributed by atoms with Gasteiger partial charge in [-0.1, -0.05) is 18.2 Å². The molecule has 7 nitrogen and oxygen atoms in total. The summed E-state index contributed by atoms with van der Waals surface area (Å²) in [5, 5.41) is 10.8. The Labute approximate surface area is 171 Å². The lowest BCUT2D eigenvalue weighted by atomic mass is 10.3. The van der Waals surface area contributed by atoms with Crippen LogP contribution in [-0.2, 0) is 0 Å². The van der Waals surface area contributed by atoms with Gasteiger partial charge in [0.05, 0.1) is 38.9 Å². The van der Waals surface area contributed by atoms with E-state index in [1.165, 1.54) is 17.6 Å². The summed E-state index contributed by atoms with van der Waals surface area (Å²) in [6.07, 6.45) is 1.43. The molecule has 4 aromatic rings. The van der Waals surface area contributed by atoms with E-state index in [0.717, 1.165) is 17.1 Å². The van der Waals surface area contributed by atoms with Crippen molar-refractivity contribution in [1.29, 1.82) is 0 Å². The van der Waals surface area contributed by atoms with E-state index < -0.39 is 0 Å². The van der Waals surface area contributed by atoms with Gasteiger partial charge in [-0.25, -0.2) is 4.68 Å². The largest absolute Gasteiger partial charge is 0.459 e. The Kier molecular flexibility index (Phi) is 5.01. The van der Waals surface area contributed by atoms with Crippen molar-refractivity contribution in [2.24, 2.45) is 0 Å². The Morgan fingerprint density at radius 3 is 2.48 bits per heavy atom. The Balaban J connectivity index is 1.50. The van der Waals surface area contributed by atoms with Crippen LogP contribution in [0, 0.1) is 13.8 Å². The highest BCUT2D eigenvalue weighted by molar-refractivity contribution is 7.18. The smallest absolute Gasteiger partial charge is 0.291 e. The van der Waals surface area contributed by atoms with E-state index >= 15 is 0 Å². The number of amides is 2. The zero-order valence-corrected chi connectivity index (χ0v) is 16.6. The van der Waals surface area contributed by atoms with Crippen molar-refractivity contribution in [2.75, 3.05) is 10.6 Å². The highest BCUT2D eigenvalue weighted by Gasteiger charge is 2.18. The lowest BCUT2D eigenvalue weighted by Crippen LogP contribution is -2.12. The summed E-state index contributed by atoms with van der Waals surface area (Å²) >= 11 is 1.19. The van der Waals surface area contributed by atoms with Gasteiger partial charge in [-0.15, -0.1) is 11.3 Å². The number of furan rings is 1. The second-order valence-electron chi connectivity index (χ2n) is 6.34. The maximum absolute atomic E-state index is 12.7. The molecule has 3 aromatic heterocycles. The fourth-order valence-corrected chi connectivity index (χ4v) is 3.72. The average molecular weight is 406 g/mol. The minimum atomic E-state index is -0.361.